The zero-order valence-corrected chi connectivity index (χ0v) is 17.6. The first-order valence-corrected chi connectivity index (χ1v) is 11.4. The van der Waals surface area contributed by atoms with Crippen molar-refractivity contribution >= 4 is 35.9 Å². The fourth-order valence-corrected chi connectivity index (χ4v) is 3.51. The number of hydrogen-bond donors (Lipinski definition) is 0. The predicted molar refractivity (Wildman–Crippen MR) is 105 cm³/mol. The highest BCUT2D eigenvalue weighted by molar-refractivity contribution is 6.75. The number of hydrogen-bond acceptors (Lipinski definition) is 4. The van der Waals surface area contributed by atoms with Crippen molar-refractivity contribution in [3.05, 3.63) is 29.8 Å². The molecule has 4 nitrogen and oxygen atoms in total. The summed E-state index contributed by atoms with van der Waals surface area (Å²) in [6, 6.07) is 7.18. The van der Waals surface area contributed by atoms with Crippen LogP contribution in [-0.4, -0.2) is 27.8 Å². The van der Waals surface area contributed by atoms with Gasteiger partial charge in [-0.05, 0) is 54.0 Å². The van der Waals surface area contributed by atoms with Crippen LogP contribution in [-0.2, 0) is 0 Å². The summed E-state index contributed by atoms with van der Waals surface area (Å²) in [5, 5.41) is 1.01. The largest absolute Gasteiger partial charge is 0.543 e. The maximum Gasteiger partial charge on any atom is 0.256 e. The number of carbonyl (C=O) groups is 1. The van der Waals surface area contributed by atoms with Crippen LogP contribution in [0.4, 0.5) is 0 Å². The molecule has 0 aliphatic carbocycles. The third-order valence-corrected chi connectivity index (χ3v) is 9.41. The molecular formula is C19H25ClO4Si. The van der Waals surface area contributed by atoms with Crippen molar-refractivity contribution in [1.82, 2.24) is 0 Å². The van der Waals surface area contributed by atoms with Gasteiger partial charge < -0.3 is 13.9 Å². The number of ether oxygens (including phenoxy) is 2. The van der Waals surface area contributed by atoms with Gasteiger partial charge in [0, 0.05) is 10.8 Å². The molecule has 0 N–H and O–H groups in total. The summed E-state index contributed by atoms with van der Waals surface area (Å²) in [5.41, 5.74) is 0.338. The Balaban J connectivity index is 2.75. The van der Waals surface area contributed by atoms with Crippen LogP contribution in [0.15, 0.2) is 24.3 Å². The van der Waals surface area contributed by atoms with E-state index in [0.717, 1.165) is 10.8 Å². The van der Waals surface area contributed by atoms with Crippen molar-refractivity contribution in [2.45, 2.75) is 38.9 Å². The highest BCUT2D eigenvalue weighted by Gasteiger charge is 2.39. The first-order chi connectivity index (χ1) is 11.5. The fourth-order valence-electron chi connectivity index (χ4n) is 2.34. The van der Waals surface area contributed by atoms with Gasteiger partial charge in [0.05, 0.1) is 19.8 Å². The van der Waals surface area contributed by atoms with E-state index < -0.39 is 13.6 Å². The van der Waals surface area contributed by atoms with Gasteiger partial charge in [-0.25, -0.2) is 0 Å². The lowest BCUT2D eigenvalue weighted by Crippen LogP contribution is -2.44. The van der Waals surface area contributed by atoms with E-state index in [1.165, 1.54) is 0 Å². The molecule has 0 aliphatic heterocycles. The Hall–Kier alpha value is -1.72. The first kappa shape index (κ1) is 19.6. The van der Waals surface area contributed by atoms with Crippen LogP contribution in [0, 0.1) is 0 Å². The Labute approximate surface area is 155 Å². The number of methoxy groups -OCH3 is 2. The van der Waals surface area contributed by atoms with Gasteiger partial charge in [-0.3, -0.25) is 4.79 Å². The molecule has 0 aromatic heterocycles. The molecule has 6 heteroatoms. The Morgan fingerprint density at radius 1 is 0.960 bits per heavy atom. The second-order valence-electron chi connectivity index (χ2n) is 7.50. The van der Waals surface area contributed by atoms with Crippen LogP contribution < -0.4 is 13.9 Å². The van der Waals surface area contributed by atoms with E-state index >= 15 is 0 Å². The van der Waals surface area contributed by atoms with Crippen LogP contribution in [0.25, 0.3) is 10.8 Å². The van der Waals surface area contributed by atoms with E-state index in [1.807, 2.05) is 12.1 Å². The van der Waals surface area contributed by atoms with Crippen LogP contribution in [0.2, 0.25) is 18.1 Å². The number of rotatable bonds is 5. The molecule has 0 spiro atoms. The first-order valence-electron chi connectivity index (χ1n) is 8.09. The van der Waals surface area contributed by atoms with Gasteiger partial charge in [-0.1, -0.05) is 20.8 Å². The standard InChI is InChI=1S/C19H25ClO4Si/c1-19(2,3)25(6,7)24-17-11-13-12(10-14(17)18(20)21)15(22-4)8-9-16(13)23-5/h8-11H,1-7H3. The number of carbonyl (C=O) groups excluding carboxylic acids is 1. The maximum atomic E-state index is 12.0. The van der Waals surface area contributed by atoms with E-state index in [-0.39, 0.29) is 5.04 Å². The smallest absolute Gasteiger partial charge is 0.256 e. The summed E-state index contributed by atoms with van der Waals surface area (Å²) in [5.74, 6) is 1.82. The second kappa shape index (κ2) is 6.88. The van der Waals surface area contributed by atoms with Crippen molar-refractivity contribution in [3.8, 4) is 17.2 Å². The second-order valence-corrected chi connectivity index (χ2v) is 12.6. The summed E-state index contributed by atoms with van der Waals surface area (Å²) in [6.07, 6.45) is 0. The Morgan fingerprint density at radius 3 is 1.84 bits per heavy atom. The molecule has 0 atom stereocenters. The molecule has 0 radical (unpaired) electrons. The highest BCUT2D eigenvalue weighted by Crippen LogP contribution is 2.42. The molecule has 2 aromatic carbocycles. The molecule has 0 heterocycles. The van der Waals surface area contributed by atoms with Crippen molar-refractivity contribution < 1.29 is 18.7 Å². The van der Waals surface area contributed by atoms with E-state index in [9.17, 15) is 4.79 Å². The van der Waals surface area contributed by atoms with E-state index in [4.69, 9.17) is 25.5 Å². The highest BCUT2D eigenvalue weighted by atomic mass is 35.5. The molecule has 2 aromatic rings. The quantitative estimate of drug-likeness (QED) is 0.498. The van der Waals surface area contributed by atoms with Gasteiger partial charge in [0.15, 0.2) is 0 Å². The van der Waals surface area contributed by atoms with Gasteiger partial charge in [0.1, 0.15) is 17.2 Å². The Kier molecular flexibility index (Phi) is 5.40. The lowest BCUT2D eigenvalue weighted by Gasteiger charge is -2.37. The van der Waals surface area contributed by atoms with Crippen LogP contribution in [0.3, 0.4) is 0 Å². The van der Waals surface area contributed by atoms with Gasteiger partial charge in [0.2, 0.25) is 0 Å². The van der Waals surface area contributed by atoms with Gasteiger partial charge in [-0.15, -0.1) is 0 Å². The average molecular weight is 381 g/mol. The molecule has 0 saturated heterocycles. The lowest BCUT2D eigenvalue weighted by molar-refractivity contribution is 0.108. The van der Waals surface area contributed by atoms with Gasteiger partial charge in [-0.2, -0.15) is 0 Å². The molecule has 0 aliphatic rings. The summed E-state index contributed by atoms with van der Waals surface area (Å²) in [4.78, 5) is 12.0. The van der Waals surface area contributed by atoms with Gasteiger partial charge >= 0.3 is 0 Å². The third kappa shape index (κ3) is 3.77. The Bertz CT molecular complexity index is 809. The number of fused-ring (bicyclic) bond motifs is 1. The third-order valence-electron chi connectivity index (χ3n) is 4.86. The molecular weight excluding hydrogens is 356 g/mol. The monoisotopic (exact) mass is 380 g/mol. The molecule has 0 saturated carbocycles. The molecule has 0 fully saturated rings. The Morgan fingerprint density at radius 2 is 1.44 bits per heavy atom. The number of benzene rings is 2. The maximum absolute atomic E-state index is 12.0. The minimum Gasteiger partial charge on any atom is -0.543 e. The number of halogens is 1. The molecule has 0 amide bonds. The zero-order valence-electron chi connectivity index (χ0n) is 15.8. The lowest BCUT2D eigenvalue weighted by atomic mass is 10.0. The van der Waals surface area contributed by atoms with E-state index in [0.29, 0.717) is 22.8 Å². The van der Waals surface area contributed by atoms with Gasteiger partial charge in [0.25, 0.3) is 13.6 Å². The van der Waals surface area contributed by atoms with Crippen LogP contribution in [0.1, 0.15) is 31.1 Å². The minimum atomic E-state index is -2.14. The average Bonchev–Trinajstić information content (AvgIpc) is 2.51. The van der Waals surface area contributed by atoms with E-state index in [1.54, 1.807) is 26.4 Å². The van der Waals surface area contributed by atoms with Crippen LogP contribution >= 0.6 is 11.6 Å². The summed E-state index contributed by atoms with van der Waals surface area (Å²) < 4.78 is 17.3. The predicted octanol–water partition coefficient (Wildman–Crippen LogP) is 5.62. The fraction of sp³-hybridized carbons (Fsp3) is 0.421. The normalized spacial score (nSPS) is 12.2. The van der Waals surface area contributed by atoms with Crippen molar-refractivity contribution in [2.75, 3.05) is 14.2 Å². The summed E-state index contributed by atoms with van der Waals surface area (Å²) in [6.45, 7) is 10.7. The van der Waals surface area contributed by atoms with Crippen molar-refractivity contribution in [3.63, 3.8) is 0 Å². The molecule has 0 unspecified atom stereocenters. The summed E-state index contributed by atoms with van der Waals surface area (Å²) in [7, 11) is 1.05. The summed E-state index contributed by atoms with van der Waals surface area (Å²) >= 11 is 5.85. The SMILES string of the molecule is COc1ccc(OC)c2cc(C(=O)Cl)c(O[Si](C)(C)C(C)(C)C)cc12. The zero-order chi connectivity index (χ0) is 19.0. The molecule has 0 bridgehead atoms. The topological polar surface area (TPSA) is 44.8 Å². The van der Waals surface area contributed by atoms with E-state index in [2.05, 4.69) is 33.9 Å². The molecule has 25 heavy (non-hydrogen) atoms. The van der Waals surface area contributed by atoms with Crippen molar-refractivity contribution in [1.29, 1.82) is 0 Å². The molecule has 136 valence electrons. The molecule has 2 rings (SSSR count). The van der Waals surface area contributed by atoms with Crippen LogP contribution in [0.5, 0.6) is 17.2 Å². The minimum absolute atomic E-state index is 0.00689. The van der Waals surface area contributed by atoms with Crippen molar-refractivity contribution in [2.24, 2.45) is 0 Å².